The molecule has 2 unspecified atom stereocenters. The van der Waals surface area contributed by atoms with Crippen molar-refractivity contribution in [3.63, 3.8) is 0 Å². The van der Waals surface area contributed by atoms with Crippen LogP contribution in [0, 0.1) is 11.8 Å². The number of fused-ring (bicyclic) bond motifs is 1. The quantitative estimate of drug-likeness (QED) is 0.642. The summed E-state index contributed by atoms with van der Waals surface area (Å²) in [4.78, 5) is 22.3. The van der Waals surface area contributed by atoms with Crippen LogP contribution < -0.4 is 10.6 Å². The van der Waals surface area contributed by atoms with E-state index in [1.807, 2.05) is 4.90 Å². The van der Waals surface area contributed by atoms with Gasteiger partial charge in [-0.25, -0.2) is 4.98 Å². The Morgan fingerprint density at radius 2 is 2.00 bits per heavy atom. The number of carbonyl (C=O) groups excluding carboxylic acids is 1. The Morgan fingerprint density at radius 3 is 2.63 bits per heavy atom. The van der Waals surface area contributed by atoms with Crippen LogP contribution >= 0.6 is 11.6 Å². The molecule has 2 atom stereocenters. The summed E-state index contributed by atoms with van der Waals surface area (Å²) in [7, 11) is 0. The lowest BCUT2D eigenvalue weighted by Gasteiger charge is -2.19. The fourth-order valence-electron chi connectivity index (χ4n) is 4.44. The Kier molecular flexibility index (Phi) is 5.59. The number of halogens is 1. The highest BCUT2D eigenvalue weighted by atomic mass is 35.5. The number of aromatic nitrogens is 4. The van der Waals surface area contributed by atoms with Gasteiger partial charge in [0.25, 0.3) is 0 Å². The third-order valence-electron chi connectivity index (χ3n) is 5.72. The molecule has 0 aromatic carbocycles. The fraction of sp³-hybridized carbons (Fsp3) is 0.600. The Labute approximate surface area is 180 Å². The summed E-state index contributed by atoms with van der Waals surface area (Å²) in [6.07, 6.45) is 7.04. The monoisotopic (exact) mass is 433 g/mol. The molecule has 1 aliphatic carbocycles. The highest BCUT2D eigenvalue weighted by Gasteiger charge is 2.41. The maximum absolute atomic E-state index is 11.6. The lowest BCUT2D eigenvalue weighted by molar-refractivity contribution is -0.128. The second kappa shape index (κ2) is 8.03. The van der Waals surface area contributed by atoms with Gasteiger partial charge in [-0.15, -0.1) is 0 Å². The SMILES string of the molecule is CC(=O)N1CC2CC(Nc3nc(Nc4cnn(CC(C)(C)O)c4)ncc3Cl)CC2C1. The molecule has 4 rings (SSSR count). The van der Waals surface area contributed by atoms with E-state index in [4.69, 9.17) is 11.6 Å². The number of anilines is 3. The highest BCUT2D eigenvalue weighted by Crippen LogP contribution is 2.39. The van der Waals surface area contributed by atoms with E-state index in [2.05, 4.69) is 25.7 Å². The Bertz CT molecular complexity index is 912. The summed E-state index contributed by atoms with van der Waals surface area (Å²) in [5, 5.41) is 21.2. The molecule has 1 aliphatic heterocycles. The second-order valence-corrected chi connectivity index (χ2v) is 9.42. The van der Waals surface area contributed by atoms with Gasteiger partial charge in [0.1, 0.15) is 5.02 Å². The number of aliphatic hydroxyl groups is 1. The van der Waals surface area contributed by atoms with Gasteiger partial charge >= 0.3 is 0 Å². The van der Waals surface area contributed by atoms with Gasteiger partial charge in [0.15, 0.2) is 5.82 Å². The molecular weight excluding hydrogens is 406 g/mol. The molecule has 0 spiro atoms. The Hall–Kier alpha value is -2.39. The molecular formula is C20H28ClN7O2. The first-order valence-electron chi connectivity index (χ1n) is 10.2. The van der Waals surface area contributed by atoms with E-state index < -0.39 is 5.60 Å². The van der Waals surface area contributed by atoms with Crippen molar-refractivity contribution in [3.05, 3.63) is 23.6 Å². The van der Waals surface area contributed by atoms with E-state index >= 15 is 0 Å². The second-order valence-electron chi connectivity index (χ2n) is 9.01. The van der Waals surface area contributed by atoms with Crippen LogP contribution in [0.1, 0.15) is 33.6 Å². The molecule has 162 valence electrons. The molecule has 3 N–H and O–H groups in total. The molecule has 2 aliphatic rings. The van der Waals surface area contributed by atoms with Crippen LogP contribution in [0.5, 0.6) is 0 Å². The van der Waals surface area contributed by atoms with Gasteiger partial charge in [-0.05, 0) is 38.5 Å². The first kappa shape index (κ1) is 20.9. The summed E-state index contributed by atoms with van der Waals surface area (Å²) in [6, 6.07) is 0.281. The number of nitrogens with one attached hydrogen (secondary N) is 2. The topological polar surface area (TPSA) is 108 Å². The van der Waals surface area contributed by atoms with E-state index in [9.17, 15) is 9.90 Å². The molecule has 0 radical (unpaired) electrons. The average Bonchev–Trinajstić information content (AvgIpc) is 3.31. The number of carbonyl (C=O) groups is 1. The van der Waals surface area contributed by atoms with E-state index in [-0.39, 0.29) is 11.9 Å². The third-order valence-corrected chi connectivity index (χ3v) is 6.00. The fourth-order valence-corrected chi connectivity index (χ4v) is 4.58. The highest BCUT2D eigenvalue weighted by molar-refractivity contribution is 6.32. The van der Waals surface area contributed by atoms with Crippen LogP contribution in [0.4, 0.5) is 17.5 Å². The van der Waals surface area contributed by atoms with Crippen molar-refractivity contribution < 1.29 is 9.90 Å². The molecule has 0 bridgehead atoms. The lowest BCUT2D eigenvalue weighted by Crippen LogP contribution is -2.29. The lowest BCUT2D eigenvalue weighted by atomic mass is 10.0. The number of rotatable bonds is 6. The normalized spacial score (nSPS) is 23.5. The molecule has 2 aromatic rings. The van der Waals surface area contributed by atoms with Gasteiger partial charge in [0.2, 0.25) is 11.9 Å². The van der Waals surface area contributed by atoms with E-state index in [0.717, 1.165) is 31.6 Å². The summed E-state index contributed by atoms with van der Waals surface area (Å²) in [6.45, 7) is 7.18. The summed E-state index contributed by atoms with van der Waals surface area (Å²) >= 11 is 6.33. The summed E-state index contributed by atoms with van der Waals surface area (Å²) < 4.78 is 1.67. The average molecular weight is 434 g/mol. The standard InChI is InChI=1S/C20H28ClN7O2/c1-12(29)27-8-13-4-15(5-14(13)9-27)24-18-17(21)7-22-19(26-18)25-16-6-23-28(10-16)11-20(2,3)30/h6-7,10,13-15,30H,4-5,8-9,11H2,1-3H3,(H2,22,24,25,26). The van der Waals surface area contributed by atoms with Crippen molar-refractivity contribution >= 4 is 35.0 Å². The van der Waals surface area contributed by atoms with Crippen molar-refractivity contribution in [1.29, 1.82) is 0 Å². The maximum atomic E-state index is 11.6. The molecule has 1 amide bonds. The van der Waals surface area contributed by atoms with E-state index in [1.165, 1.54) is 0 Å². The molecule has 1 saturated heterocycles. The zero-order valence-electron chi connectivity index (χ0n) is 17.5. The minimum absolute atomic E-state index is 0.161. The van der Waals surface area contributed by atoms with Crippen LogP contribution in [0.2, 0.25) is 5.02 Å². The first-order chi connectivity index (χ1) is 14.2. The Morgan fingerprint density at radius 1 is 1.30 bits per heavy atom. The van der Waals surface area contributed by atoms with Gasteiger partial charge in [0, 0.05) is 32.3 Å². The minimum Gasteiger partial charge on any atom is -0.389 e. The van der Waals surface area contributed by atoms with Crippen LogP contribution in [-0.4, -0.2) is 60.4 Å². The number of hydrogen-bond acceptors (Lipinski definition) is 7. The van der Waals surface area contributed by atoms with Crippen LogP contribution in [-0.2, 0) is 11.3 Å². The zero-order valence-corrected chi connectivity index (χ0v) is 18.2. The number of amides is 1. The maximum Gasteiger partial charge on any atom is 0.229 e. The molecule has 2 fully saturated rings. The summed E-state index contributed by atoms with van der Waals surface area (Å²) in [5.74, 6) is 2.25. The van der Waals surface area contributed by atoms with E-state index in [1.54, 1.807) is 44.0 Å². The van der Waals surface area contributed by atoms with Crippen molar-refractivity contribution in [2.75, 3.05) is 23.7 Å². The van der Waals surface area contributed by atoms with Crippen LogP contribution in [0.3, 0.4) is 0 Å². The minimum atomic E-state index is -0.849. The van der Waals surface area contributed by atoms with Crippen molar-refractivity contribution in [2.24, 2.45) is 11.8 Å². The molecule has 10 heteroatoms. The molecule has 3 heterocycles. The van der Waals surface area contributed by atoms with Crippen molar-refractivity contribution in [1.82, 2.24) is 24.6 Å². The van der Waals surface area contributed by atoms with Crippen LogP contribution in [0.25, 0.3) is 0 Å². The first-order valence-corrected chi connectivity index (χ1v) is 10.6. The molecule has 9 nitrogen and oxygen atoms in total. The van der Waals surface area contributed by atoms with Gasteiger partial charge in [-0.2, -0.15) is 10.1 Å². The number of nitrogens with zero attached hydrogens (tertiary/aromatic N) is 5. The smallest absolute Gasteiger partial charge is 0.229 e. The van der Waals surface area contributed by atoms with Crippen LogP contribution in [0.15, 0.2) is 18.6 Å². The van der Waals surface area contributed by atoms with Gasteiger partial charge in [-0.3, -0.25) is 9.48 Å². The number of likely N-dealkylation sites (tertiary alicyclic amines) is 1. The predicted molar refractivity (Wildman–Crippen MR) is 115 cm³/mol. The van der Waals surface area contributed by atoms with Crippen molar-refractivity contribution in [2.45, 2.75) is 51.8 Å². The molecule has 1 saturated carbocycles. The largest absolute Gasteiger partial charge is 0.389 e. The van der Waals surface area contributed by atoms with E-state index in [0.29, 0.717) is 35.2 Å². The third kappa shape index (κ3) is 4.84. The predicted octanol–water partition coefficient (Wildman–Crippen LogP) is 2.51. The Balaban J connectivity index is 1.38. The number of hydrogen-bond donors (Lipinski definition) is 3. The summed E-state index contributed by atoms with van der Waals surface area (Å²) in [5.41, 5.74) is -0.120. The molecule has 30 heavy (non-hydrogen) atoms. The molecule has 2 aromatic heterocycles. The van der Waals surface area contributed by atoms with Gasteiger partial charge in [-0.1, -0.05) is 11.6 Å². The van der Waals surface area contributed by atoms with Crippen molar-refractivity contribution in [3.8, 4) is 0 Å². The van der Waals surface area contributed by atoms with Gasteiger partial charge in [0.05, 0.1) is 30.2 Å². The zero-order chi connectivity index (χ0) is 21.5. The van der Waals surface area contributed by atoms with Gasteiger partial charge < -0.3 is 20.6 Å².